The number of carbonyl (C=O) groups is 1. The van der Waals surface area contributed by atoms with Crippen LogP contribution in [0.25, 0.3) is 5.52 Å². The molecule has 0 atom stereocenters. The summed E-state index contributed by atoms with van der Waals surface area (Å²) in [5, 5.41) is 6.85. The molecule has 0 aliphatic heterocycles. The first kappa shape index (κ1) is 13.3. The molecule has 0 aliphatic rings. The summed E-state index contributed by atoms with van der Waals surface area (Å²) in [4.78, 5) is 20.2. The predicted molar refractivity (Wildman–Crippen MR) is 76.7 cm³/mol. The van der Waals surface area contributed by atoms with Crippen LogP contribution in [0.1, 0.15) is 10.4 Å². The van der Waals surface area contributed by atoms with Gasteiger partial charge in [0, 0.05) is 12.3 Å². The molecule has 0 spiro atoms. The Kier molecular flexibility index (Phi) is 3.41. The van der Waals surface area contributed by atoms with Crippen LogP contribution in [0, 0.1) is 0 Å². The normalized spacial score (nSPS) is 10.6. The van der Waals surface area contributed by atoms with Crippen LogP contribution in [-0.2, 0) is 0 Å². The molecule has 0 unspecified atom stereocenters. The molecule has 1 amide bonds. The Hall–Kier alpha value is -2.67. The van der Waals surface area contributed by atoms with E-state index in [2.05, 4.69) is 20.4 Å². The average Bonchev–Trinajstić information content (AvgIpc) is 2.90. The van der Waals surface area contributed by atoms with Crippen molar-refractivity contribution in [3.63, 3.8) is 0 Å². The summed E-state index contributed by atoms with van der Waals surface area (Å²) >= 11 is 5.83. The summed E-state index contributed by atoms with van der Waals surface area (Å²) < 4.78 is 6.58. The number of rotatable bonds is 3. The minimum Gasteiger partial charge on any atom is -0.481 e. The van der Waals surface area contributed by atoms with Crippen molar-refractivity contribution >= 4 is 29.0 Å². The van der Waals surface area contributed by atoms with E-state index in [-0.39, 0.29) is 22.9 Å². The highest BCUT2D eigenvalue weighted by Crippen LogP contribution is 2.17. The zero-order chi connectivity index (χ0) is 14.8. The summed E-state index contributed by atoms with van der Waals surface area (Å²) in [6, 6.07) is 6.90. The Morgan fingerprint density at radius 2 is 2.24 bits per heavy atom. The van der Waals surface area contributed by atoms with Crippen molar-refractivity contribution in [1.82, 2.24) is 19.6 Å². The summed E-state index contributed by atoms with van der Waals surface area (Å²) in [6.07, 6.45) is 3.23. The van der Waals surface area contributed by atoms with E-state index in [0.717, 1.165) is 0 Å². The number of fused-ring (bicyclic) bond motifs is 1. The van der Waals surface area contributed by atoms with Crippen LogP contribution < -0.4 is 10.1 Å². The molecule has 106 valence electrons. The van der Waals surface area contributed by atoms with Gasteiger partial charge in [0.15, 0.2) is 0 Å². The lowest BCUT2D eigenvalue weighted by atomic mass is 10.2. The third-order valence-corrected chi connectivity index (χ3v) is 2.97. The quantitative estimate of drug-likeness (QED) is 0.749. The lowest BCUT2D eigenvalue weighted by Gasteiger charge is -2.05. The fourth-order valence-electron chi connectivity index (χ4n) is 1.84. The maximum Gasteiger partial charge on any atom is 0.261 e. The van der Waals surface area contributed by atoms with Crippen molar-refractivity contribution in [3.05, 3.63) is 47.4 Å². The molecular weight excluding hydrogens is 294 g/mol. The highest BCUT2D eigenvalue weighted by atomic mass is 35.5. The molecule has 3 rings (SSSR count). The molecule has 0 aromatic carbocycles. The van der Waals surface area contributed by atoms with Crippen LogP contribution >= 0.6 is 11.6 Å². The van der Waals surface area contributed by atoms with Gasteiger partial charge in [-0.05, 0) is 12.1 Å². The summed E-state index contributed by atoms with van der Waals surface area (Å²) in [5.41, 5.74) is 1.10. The van der Waals surface area contributed by atoms with Crippen LogP contribution in [0.3, 0.4) is 0 Å². The fraction of sp³-hybridized carbons (Fsp3) is 0.0769. The molecule has 21 heavy (non-hydrogen) atoms. The number of carbonyl (C=O) groups excluding carboxylic acids is 1. The van der Waals surface area contributed by atoms with E-state index in [0.29, 0.717) is 11.1 Å². The number of hydrogen-bond acceptors (Lipinski definition) is 5. The number of ether oxygens (including phenoxy) is 1. The number of aromatic nitrogens is 4. The van der Waals surface area contributed by atoms with Crippen LogP contribution in [0.4, 0.5) is 5.95 Å². The highest BCUT2D eigenvalue weighted by Gasteiger charge is 2.14. The van der Waals surface area contributed by atoms with Crippen molar-refractivity contribution in [2.45, 2.75) is 0 Å². The van der Waals surface area contributed by atoms with E-state index in [1.165, 1.54) is 19.4 Å². The van der Waals surface area contributed by atoms with E-state index >= 15 is 0 Å². The first-order valence-electron chi connectivity index (χ1n) is 5.99. The van der Waals surface area contributed by atoms with Crippen molar-refractivity contribution in [2.75, 3.05) is 12.4 Å². The molecule has 7 nitrogen and oxygen atoms in total. The zero-order valence-corrected chi connectivity index (χ0v) is 11.7. The van der Waals surface area contributed by atoms with Crippen molar-refractivity contribution in [3.8, 4) is 5.88 Å². The van der Waals surface area contributed by atoms with Crippen LogP contribution in [0.15, 0.2) is 36.7 Å². The number of anilines is 1. The van der Waals surface area contributed by atoms with Gasteiger partial charge in [0.2, 0.25) is 11.8 Å². The molecule has 3 heterocycles. The largest absolute Gasteiger partial charge is 0.481 e. The third-order valence-electron chi connectivity index (χ3n) is 2.78. The maximum atomic E-state index is 12.3. The molecule has 8 heteroatoms. The third kappa shape index (κ3) is 2.63. The number of nitrogens with zero attached hydrogens (tertiary/aromatic N) is 4. The van der Waals surface area contributed by atoms with Crippen molar-refractivity contribution in [1.29, 1.82) is 0 Å². The van der Waals surface area contributed by atoms with Crippen LogP contribution in [0.2, 0.25) is 5.15 Å². The summed E-state index contributed by atoms with van der Waals surface area (Å²) in [7, 11) is 1.45. The van der Waals surface area contributed by atoms with Crippen molar-refractivity contribution in [2.24, 2.45) is 0 Å². The first-order valence-corrected chi connectivity index (χ1v) is 6.37. The van der Waals surface area contributed by atoms with Crippen LogP contribution in [-0.4, -0.2) is 32.6 Å². The van der Waals surface area contributed by atoms with E-state index in [4.69, 9.17) is 16.3 Å². The van der Waals surface area contributed by atoms with E-state index < -0.39 is 0 Å². The summed E-state index contributed by atoms with van der Waals surface area (Å²) in [6.45, 7) is 0. The SMILES string of the molecule is COc1cc(Cl)nc(NC(=O)c2cnn3ccccc23)n1. The lowest BCUT2D eigenvalue weighted by molar-refractivity contribution is 0.102. The predicted octanol–water partition coefficient (Wildman–Crippen LogP) is 2.04. The maximum absolute atomic E-state index is 12.3. The van der Waals surface area contributed by atoms with Gasteiger partial charge in [-0.3, -0.25) is 10.1 Å². The molecule has 0 bridgehead atoms. The van der Waals surface area contributed by atoms with E-state index in [9.17, 15) is 4.79 Å². The average molecular weight is 304 g/mol. The molecule has 0 radical (unpaired) electrons. The molecule has 0 saturated heterocycles. The molecule has 3 aromatic rings. The van der Waals surface area contributed by atoms with Gasteiger partial charge in [-0.2, -0.15) is 10.1 Å². The van der Waals surface area contributed by atoms with Gasteiger partial charge in [-0.1, -0.05) is 17.7 Å². The fourth-order valence-corrected chi connectivity index (χ4v) is 2.01. The van der Waals surface area contributed by atoms with Crippen LogP contribution in [0.5, 0.6) is 5.88 Å². The van der Waals surface area contributed by atoms with Gasteiger partial charge >= 0.3 is 0 Å². The minimum atomic E-state index is -0.375. The molecule has 1 N–H and O–H groups in total. The van der Waals surface area contributed by atoms with Gasteiger partial charge in [-0.25, -0.2) is 9.50 Å². The Balaban J connectivity index is 1.91. The monoisotopic (exact) mass is 303 g/mol. The Labute approximate surface area is 124 Å². The minimum absolute atomic E-state index is 0.0691. The number of halogens is 1. The van der Waals surface area contributed by atoms with Gasteiger partial charge in [0.1, 0.15) is 5.15 Å². The standard InChI is InChI=1S/C13H10ClN5O2/c1-21-11-6-10(14)16-13(17-11)18-12(20)8-7-15-19-5-3-2-4-9(8)19/h2-7H,1H3,(H,16,17,18,20). The summed E-state index contributed by atoms with van der Waals surface area (Å²) in [5.74, 6) is -0.0367. The molecule has 0 fully saturated rings. The van der Waals surface area contributed by atoms with Gasteiger partial charge in [-0.15, -0.1) is 0 Å². The van der Waals surface area contributed by atoms with Gasteiger partial charge < -0.3 is 4.74 Å². The number of methoxy groups -OCH3 is 1. The topological polar surface area (TPSA) is 81.4 Å². The zero-order valence-electron chi connectivity index (χ0n) is 10.9. The molecule has 0 aliphatic carbocycles. The van der Waals surface area contributed by atoms with E-state index in [1.807, 2.05) is 12.1 Å². The molecule has 3 aromatic heterocycles. The number of pyridine rings is 1. The molecule has 0 saturated carbocycles. The second-order valence-electron chi connectivity index (χ2n) is 4.10. The number of hydrogen-bond donors (Lipinski definition) is 1. The van der Waals surface area contributed by atoms with E-state index in [1.54, 1.807) is 16.8 Å². The second-order valence-corrected chi connectivity index (χ2v) is 4.49. The smallest absolute Gasteiger partial charge is 0.261 e. The number of nitrogens with one attached hydrogen (secondary N) is 1. The second kappa shape index (κ2) is 5.37. The first-order chi connectivity index (χ1) is 10.2. The highest BCUT2D eigenvalue weighted by molar-refractivity contribution is 6.29. The molecular formula is C13H10ClN5O2. The number of amides is 1. The van der Waals surface area contributed by atoms with Gasteiger partial charge in [0.05, 0.1) is 24.4 Å². The lowest BCUT2D eigenvalue weighted by Crippen LogP contribution is -2.14. The van der Waals surface area contributed by atoms with Gasteiger partial charge in [0.25, 0.3) is 5.91 Å². The Bertz CT molecular complexity index is 817. The van der Waals surface area contributed by atoms with Crippen molar-refractivity contribution < 1.29 is 9.53 Å². The Morgan fingerprint density at radius 1 is 1.38 bits per heavy atom. The Morgan fingerprint density at radius 3 is 3.05 bits per heavy atom.